The Balaban J connectivity index is 1.36. The molecule has 44 heavy (non-hydrogen) atoms. The summed E-state index contributed by atoms with van der Waals surface area (Å²) in [5.74, 6) is 0.645. The minimum Gasteiger partial charge on any atom is -0.381 e. The second kappa shape index (κ2) is 14.5. The molecule has 1 aliphatic rings. The molecule has 5 rings (SSSR count). The van der Waals surface area contributed by atoms with Gasteiger partial charge in [0.15, 0.2) is 17.1 Å². The number of ketones is 1. The van der Waals surface area contributed by atoms with Gasteiger partial charge in [-0.25, -0.2) is 4.98 Å². The number of rotatable bonds is 14. The van der Waals surface area contributed by atoms with Crippen LogP contribution in [-0.4, -0.2) is 43.1 Å². The number of alkyl halides is 3. The molecule has 1 saturated carbocycles. The first kappa shape index (κ1) is 31.9. The fourth-order valence-electron chi connectivity index (χ4n) is 6.25. The molecular formula is C34H42F3N5O2. The molecule has 1 aromatic carbocycles. The van der Waals surface area contributed by atoms with E-state index in [4.69, 9.17) is 4.74 Å². The number of Topliss-reactive ketones (excluding diaryl/α,β-unsaturated/α-hetero) is 1. The molecule has 0 saturated heterocycles. The molecule has 3 heterocycles. The molecule has 4 aromatic rings. The van der Waals surface area contributed by atoms with Crippen molar-refractivity contribution in [1.82, 2.24) is 24.1 Å². The van der Waals surface area contributed by atoms with Crippen LogP contribution in [0.3, 0.4) is 0 Å². The van der Waals surface area contributed by atoms with Gasteiger partial charge in [-0.1, -0.05) is 64.2 Å². The summed E-state index contributed by atoms with van der Waals surface area (Å²) in [6.07, 6.45) is 11.6. The third-order valence-electron chi connectivity index (χ3n) is 8.56. The average molecular weight is 610 g/mol. The lowest BCUT2D eigenvalue weighted by Crippen LogP contribution is -2.12. The van der Waals surface area contributed by atoms with Crippen molar-refractivity contribution < 1.29 is 22.7 Å². The van der Waals surface area contributed by atoms with Gasteiger partial charge in [0.2, 0.25) is 0 Å². The summed E-state index contributed by atoms with van der Waals surface area (Å²) in [5, 5.41) is 3.99. The molecule has 0 bridgehead atoms. The van der Waals surface area contributed by atoms with Gasteiger partial charge in [-0.05, 0) is 42.7 Å². The number of aromatic nitrogens is 5. The highest BCUT2D eigenvalue weighted by atomic mass is 19.4. The highest BCUT2D eigenvalue weighted by molar-refractivity contribution is 5.97. The van der Waals surface area contributed by atoms with Crippen molar-refractivity contribution >= 4 is 11.4 Å². The van der Waals surface area contributed by atoms with Gasteiger partial charge in [0.25, 0.3) is 0 Å². The maximum atomic E-state index is 14.1. The van der Waals surface area contributed by atoms with Crippen LogP contribution in [0.15, 0.2) is 43.0 Å². The summed E-state index contributed by atoms with van der Waals surface area (Å²) in [5.41, 5.74) is 3.24. The fraction of sp³-hybridized carbons (Fsp3) is 0.529. The first-order valence-electron chi connectivity index (χ1n) is 16.0. The van der Waals surface area contributed by atoms with Gasteiger partial charge in [0.05, 0.1) is 23.1 Å². The summed E-state index contributed by atoms with van der Waals surface area (Å²) in [6.45, 7) is 5.82. The van der Waals surface area contributed by atoms with Crippen molar-refractivity contribution in [3.8, 4) is 11.3 Å². The van der Waals surface area contributed by atoms with Gasteiger partial charge >= 0.3 is 6.18 Å². The Hall–Kier alpha value is -3.53. The second-order valence-corrected chi connectivity index (χ2v) is 11.8. The number of hydrogen-bond donors (Lipinski definition) is 0. The normalized spacial score (nSPS) is 14.5. The zero-order valence-electron chi connectivity index (χ0n) is 25.7. The SMILES string of the molecule is CCCOCCCC(=O)c1ccc(Cc2nccn3c(-c4cn(CCC5CCCCC5)nc4C(F)(F)F)cnc23)cc1CC. The lowest BCUT2D eigenvalue weighted by atomic mass is 9.87. The summed E-state index contributed by atoms with van der Waals surface area (Å²) in [7, 11) is 0. The maximum Gasteiger partial charge on any atom is 0.435 e. The number of carbonyl (C=O) groups is 1. The third kappa shape index (κ3) is 7.57. The molecule has 1 aliphatic carbocycles. The predicted octanol–water partition coefficient (Wildman–Crippen LogP) is 8.12. The molecule has 0 amide bonds. The van der Waals surface area contributed by atoms with Crippen molar-refractivity contribution in [2.45, 2.75) is 97.2 Å². The smallest absolute Gasteiger partial charge is 0.381 e. The zero-order chi connectivity index (χ0) is 31.1. The van der Waals surface area contributed by atoms with E-state index in [2.05, 4.69) is 22.0 Å². The van der Waals surface area contributed by atoms with Crippen LogP contribution in [0, 0.1) is 5.92 Å². The van der Waals surface area contributed by atoms with Crippen LogP contribution in [-0.2, 0) is 30.3 Å². The Kier molecular flexibility index (Phi) is 10.5. The van der Waals surface area contributed by atoms with Crippen LogP contribution in [0.4, 0.5) is 13.2 Å². The second-order valence-electron chi connectivity index (χ2n) is 11.8. The summed E-state index contributed by atoms with van der Waals surface area (Å²) >= 11 is 0. The molecule has 10 heteroatoms. The first-order chi connectivity index (χ1) is 21.3. The molecule has 3 aromatic heterocycles. The lowest BCUT2D eigenvalue weighted by molar-refractivity contribution is -0.141. The van der Waals surface area contributed by atoms with Crippen LogP contribution in [0.2, 0.25) is 0 Å². The van der Waals surface area contributed by atoms with E-state index in [0.717, 1.165) is 42.4 Å². The Morgan fingerprint density at radius 3 is 2.66 bits per heavy atom. The lowest BCUT2D eigenvalue weighted by Gasteiger charge is -2.21. The van der Waals surface area contributed by atoms with Crippen molar-refractivity contribution in [2.75, 3.05) is 13.2 Å². The molecule has 1 fully saturated rings. The van der Waals surface area contributed by atoms with Crippen LogP contribution < -0.4 is 0 Å². The zero-order valence-corrected chi connectivity index (χ0v) is 25.7. The number of imidazole rings is 1. The van der Waals surface area contributed by atoms with E-state index < -0.39 is 11.9 Å². The van der Waals surface area contributed by atoms with Crippen LogP contribution in [0.1, 0.15) is 105 Å². The number of fused-ring (bicyclic) bond motifs is 1. The Morgan fingerprint density at radius 1 is 1.09 bits per heavy atom. The minimum absolute atomic E-state index is 0.0158. The monoisotopic (exact) mass is 609 g/mol. The minimum atomic E-state index is -4.59. The van der Waals surface area contributed by atoms with Gasteiger partial charge in [0, 0.05) is 56.8 Å². The van der Waals surface area contributed by atoms with E-state index in [0.29, 0.717) is 68.4 Å². The van der Waals surface area contributed by atoms with Crippen molar-refractivity contribution in [3.63, 3.8) is 0 Å². The van der Waals surface area contributed by atoms with Crippen LogP contribution in [0.25, 0.3) is 16.9 Å². The molecule has 236 valence electrons. The third-order valence-corrected chi connectivity index (χ3v) is 8.56. The number of nitrogens with zero attached hydrogens (tertiary/aromatic N) is 5. The molecule has 0 N–H and O–H groups in total. The van der Waals surface area contributed by atoms with E-state index in [1.54, 1.807) is 16.8 Å². The summed E-state index contributed by atoms with van der Waals surface area (Å²) in [6, 6.07) is 5.82. The number of halogens is 3. The molecular weight excluding hydrogens is 567 g/mol. The van der Waals surface area contributed by atoms with Crippen molar-refractivity contribution in [2.24, 2.45) is 5.92 Å². The molecule has 0 unspecified atom stereocenters. The van der Waals surface area contributed by atoms with E-state index in [-0.39, 0.29) is 11.3 Å². The highest BCUT2D eigenvalue weighted by Gasteiger charge is 2.38. The van der Waals surface area contributed by atoms with Gasteiger partial charge < -0.3 is 4.74 Å². The average Bonchev–Trinajstić information content (AvgIpc) is 3.65. The summed E-state index contributed by atoms with van der Waals surface area (Å²) < 4.78 is 51.1. The van der Waals surface area contributed by atoms with Gasteiger partial charge in [-0.2, -0.15) is 18.3 Å². The number of carbonyl (C=O) groups excluding carboxylic acids is 1. The number of hydrogen-bond acceptors (Lipinski definition) is 5. The van der Waals surface area contributed by atoms with Crippen LogP contribution in [0.5, 0.6) is 0 Å². The Morgan fingerprint density at radius 2 is 1.91 bits per heavy atom. The van der Waals surface area contributed by atoms with Crippen molar-refractivity contribution in [1.29, 1.82) is 0 Å². The number of benzene rings is 1. The number of ether oxygens (including phenoxy) is 1. The fourth-order valence-corrected chi connectivity index (χ4v) is 6.25. The molecule has 0 radical (unpaired) electrons. The quantitative estimate of drug-likeness (QED) is 0.107. The van der Waals surface area contributed by atoms with E-state index >= 15 is 0 Å². The van der Waals surface area contributed by atoms with E-state index in [9.17, 15) is 18.0 Å². The summed E-state index contributed by atoms with van der Waals surface area (Å²) in [4.78, 5) is 21.9. The molecule has 0 spiro atoms. The van der Waals surface area contributed by atoms with Crippen molar-refractivity contribution in [3.05, 3.63) is 71.1 Å². The molecule has 7 nitrogen and oxygen atoms in total. The Bertz CT molecular complexity index is 1550. The first-order valence-corrected chi connectivity index (χ1v) is 16.0. The van der Waals surface area contributed by atoms with E-state index in [1.807, 2.05) is 25.1 Å². The topological polar surface area (TPSA) is 74.3 Å². The molecule has 0 atom stereocenters. The van der Waals surface area contributed by atoms with Gasteiger partial charge in [-0.3, -0.25) is 18.9 Å². The highest BCUT2D eigenvalue weighted by Crippen LogP contribution is 2.37. The van der Waals surface area contributed by atoms with Gasteiger partial charge in [-0.15, -0.1) is 0 Å². The Labute approximate surface area is 256 Å². The standard InChI is InChI=1S/C34H42F3N5O2/c1-3-18-44-19-8-11-31(43)27-13-12-25(20-26(27)4-2)21-29-33-39-22-30(42(33)17-15-38-29)28-23-41(40-32(28)34(35,36)37)16-14-24-9-6-5-7-10-24/h12-13,15,17,20,22-24H,3-11,14,16,18-19,21H2,1-2H3. The maximum absolute atomic E-state index is 14.1. The van der Waals surface area contributed by atoms with E-state index in [1.165, 1.54) is 36.3 Å². The number of aryl methyl sites for hydroxylation is 2. The predicted molar refractivity (Wildman–Crippen MR) is 164 cm³/mol. The largest absolute Gasteiger partial charge is 0.435 e. The van der Waals surface area contributed by atoms with Crippen LogP contribution >= 0.6 is 0 Å². The molecule has 0 aliphatic heterocycles. The van der Waals surface area contributed by atoms with Gasteiger partial charge in [0.1, 0.15) is 0 Å².